The third-order valence-electron chi connectivity index (χ3n) is 6.02. The SMILES string of the molecule is Cc1cccc(C)c1NC(=O)CNC(=O)[C@H](CC(C)C)N1C(=O)[C@H]2CC=CC[C@H]2C1=O. The Bertz CT molecular complexity index is 875. The van der Waals surface area contributed by atoms with Gasteiger partial charge in [-0.3, -0.25) is 24.1 Å². The van der Waals surface area contributed by atoms with E-state index in [9.17, 15) is 19.2 Å². The second kappa shape index (κ2) is 9.45. The molecule has 2 N–H and O–H groups in total. The molecule has 1 aliphatic heterocycles. The molecule has 31 heavy (non-hydrogen) atoms. The van der Waals surface area contributed by atoms with Crippen LogP contribution in [0.3, 0.4) is 0 Å². The molecule has 7 heteroatoms. The quantitative estimate of drug-likeness (QED) is 0.519. The molecule has 7 nitrogen and oxygen atoms in total. The summed E-state index contributed by atoms with van der Waals surface area (Å²) in [6.07, 6.45) is 5.26. The number of imide groups is 1. The first-order chi connectivity index (χ1) is 14.7. The number of benzene rings is 1. The van der Waals surface area contributed by atoms with Gasteiger partial charge in [-0.05, 0) is 50.2 Å². The number of likely N-dealkylation sites (tertiary alicyclic amines) is 1. The minimum Gasteiger partial charge on any atom is -0.345 e. The summed E-state index contributed by atoms with van der Waals surface area (Å²) in [5.74, 6) is -2.05. The molecule has 3 atom stereocenters. The zero-order valence-corrected chi connectivity index (χ0v) is 18.6. The third kappa shape index (κ3) is 4.86. The number of hydrogen-bond acceptors (Lipinski definition) is 4. The number of carbonyl (C=O) groups is 4. The van der Waals surface area contributed by atoms with E-state index < -0.39 is 11.9 Å². The fourth-order valence-corrected chi connectivity index (χ4v) is 4.39. The average Bonchev–Trinajstić information content (AvgIpc) is 2.98. The van der Waals surface area contributed by atoms with Crippen LogP contribution in [0.5, 0.6) is 0 Å². The van der Waals surface area contributed by atoms with E-state index in [1.807, 2.05) is 58.0 Å². The summed E-state index contributed by atoms with van der Waals surface area (Å²) in [5.41, 5.74) is 2.59. The van der Waals surface area contributed by atoms with Crippen LogP contribution in [0.25, 0.3) is 0 Å². The maximum Gasteiger partial charge on any atom is 0.243 e. The lowest BCUT2D eigenvalue weighted by molar-refractivity contribution is -0.148. The molecule has 1 fully saturated rings. The van der Waals surface area contributed by atoms with Crippen LogP contribution in [-0.4, -0.2) is 41.1 Å². The van der Waals surface area contributed by atoms with E-state index in [0.717, 1.165) is 21.7 Å². The van der Waals surface area contributed by atoms with Gasteiger partial charge in [-0.15, -0.1) is 0 Å². The number of rotatable bonds is 7. The Labute approximate surface area is 183 Å². The van der Waals surface area contributed by atoms with E-state index in [1.165, 1.54) is 0 Å². The smallest absolute Gasteiger partial charge is 0.243 e. The van der Waals surface area contributed by atoms with Gasteiger partial charge in [0.05, 0.1) is 18.4 Å². The van der Waals surface area contributed by atoms with Crippen molar-refractivity contribution in [3.8, 4) is 0 Å². The number of aryl methyl sites for hydroxylation is 2. The first kappa shape index (κ1) is 22.7. The number of allylic oxidation sites excluding steroid dienone is 2. The predicted molar refractivity (Wildman–Crippen MR) is 118 cm³/mol. The van der Waals surface area contributed by atoms with Gasteiger partial charge in [0.1, 0.15) is 6.04 Å². The van der Waals surface area contributed by atoms with Gasteiger partial charge in [0.15, 0.2) is 0 Å². The Morgan fingerprint density at radius 3 is 2.10 bits per heavy atom. The maximum absolute atomic E-state index is 13.0. The molecule has 3 rings (SSSR count). The van der Waals surface area contributed by atoms with Crippen LogP contribution in [0, 0.1) is 31.6 Å². The summed E-state index contributed by atoms with van der Waals surface area (Å²) in [6, 6.07) is 4.81. The number of fused-ring (bicyclic) bond motifs is 1. The molecule has 2 aliphatic rings. The fourth-order valence-electron chi connectivity index (χ4n) is 4.39. The molecule has 0 spiro atoms. The molecule has 0 saturated carbocycles. The standard InChI is InChI=1S/C24H31N3O4/c1-14(2)12-19(27-23(30)17-10-5-6-11-18(17)24(27)31)22(29)25-13-20(28)26-21-15(3)8-7-9-16(21)4/h5-9,14,17-19H,10-13H2,1-4H3,(H,25,29)(H,26,28)/t17-,18+,19-/m0/s1. The van der Waals surface area contributed by atoms with Crippen LogP contribution in [0.1, 0.15) is 44.2 Å². The molecule has 0 unspecified atom stereocenters. The van der Waals surface area contributed by atoms with E-state index in [1.54, 1.807) is 0 Å². The lowest BCUT2D eigenvalue weighted by Gasteiger charge is -2.27. The van der Waals surface area contributed by atoms with Crippen molar-refractivity contribution in [3.63, 3.8) is 0 Å². The lowest BCUT2D eigenvalue weighted by Crippen LogP contribution is -2.51. The van der Waals surface area contributed by atoms with Gasteiger partial charge in [0.2, 0.25) is 23.6 Å². The van der Waals surface area contributed by atoms with Crippen molar-refractivity contribution in [1.82, 2.24) is 10.2 Å². The number of amides is 4. The van der Waals surface area contributed by atoms with Crippen molar-refractivity contribution in [2.45, 2.75) is 53.0 Å². The van der Waals surface area contributed by atoms with Gasteiger partial charge in [0, 0.05) is 5.69 Å². The Balaban J connectivity index is 1.68. The Morgan fingerprint density at radius 2 is 1.58 bits per heavy atom. The molecule has 0 aromatic heterocycles. The van der Waals surface area contributed by atoms with Crippen molar-refractivity contribution >= 4 is 29.3 Å². The van der Waals surface area contributed by atoms with Crippen LogP contribution in [0.15, 0.2) is 30.4 Å². The predicted octanol–water partition coefficient (Wildman–Crippen LogP) is 2.72. The molecule has 1 saturated heterocycles. The van der Waals surface area contributed by atoms with Gasteiger partial charge in [-0.1, -0.05) is 44.2 Å². The Morgan fingerprint density at radius 1 is 1.03 bits per heavy atom. The summed E-state index contributed by atoms with van der Waals surface area (Å²) in [6.45, 7) is 7.45. The number of para-hydroxylation sites is 1. The van der Waals surface area contributed by atoms with E-state index in [2.05, 4.69) is 10.6 Å². The number of nitrogens with zero attached hydrogens (tertiary/aromatic N) is 1. The second-order valence-corrected chi connectivity index (χ2v) is 8.88. The summed E-state index contributed by atoms with van der Waals surface area (Å²) < 4.78 is 0. The number of hydrogen-bond donors (Lipinski definition) is 2. The van der Waals surface area contributed by atoms with Crippen LogP contribution in [0.4, 0.5) is 5.69 Å². The molecule has 0 radical (unpaired) electrons. The van der Waals surface area contributed by atoms with Crippen LogP contribution in [-0.2, 0) is 19.2 Å². The van der Waals surface area contributed by atoms with Gasteiger partial charge < -0.3 is 10.6 Å². The molecule has 1 heterocycles. The minimum atomic E-state index is -0.904. The van der Waals surface area contributed by atoms with Crippen molar-refractivity contribution in [1.29, 1.82) is 0 Å². The zero-order valence-electron chi connectivity index (χ0n) is 18.6. The summed E-state index contributed by atoms with van der Waals surface area (Å²) in [5, 5.41) is 5.47. The molecule has 1 aromatic carbocycles. The molecule has 0 bridgehead atoms. The van der Waals surface area contributed by atoms with Crippen molar-refractivity contribution in [2.24, 2.45) is 17.8 Å². The third-order valence-corrected chi connectivity index (χ3v) is 6.02. The topological polar surface area (TPSA) is 95.6 Å². The average molecular weight is 426 g/mol. The van der Waals surface area contributed by atoms with Crippen molar-refractivity contribution in [3.05, 3.63) is 41.5 Å². The fraction of sp³-hybridized carbons (Fsp3) is 0.500. The zero-order chi connectivity index (χ0) is 22.7. The molecule has 1 aromatic rings. The maximum atomic E-state index is 13.0. The first-order valence-electron chi connectivity index (χ1n) is 10.9. The highest BCUT2D eigenvalue weighted by Gasteiger charge is 2.51. The summed E-state index contributed by atoms with van der Waals surface area (Å²) >= 11 is 0. The van der Waals surface area contributed by atoms with Gasteiger partial charge in [0.25, 0.3) is 0 Å². The Kier molecular flexibility index (Phi) is 6.93. The minimum absolute atomic E-state index is 0.0977. The normalized spacial score (nSPS) is 21.3. The Hall–Kier alpha value is -2.96. The summed E-state index contributed by atoms with van der Waals surface area (Å²) in [7, 11) is 0. The van der Waals surface area contributed by atoms with Gasteiger partial charge >= 0.3 is 0 Å². The van der Waals surface area contributed by atoms with Crippen LogP contribution >= 0.6 is 0 Å². The number of nitrogens with one attached hydrogen (secondary N) is 2. The molecule has 166 valence electrons. The van der Waals surface area contributed by atoms with Crippen molar-refractivity contribution in [2.75, 3.05) is 11.9 Å². The van der Waals surface area contributed by atoms with E-state index in [-0.39, 0.29) is 42.0 Å². The molecule has 1 aliphatic carbocycles. The van der Waals surface area contributed by atoms with E-state index in [0.29, 0.717) is 19.3 Å². The summed E-state index contributed by atoms with van der Waals surface area (Å²) in [4.78, 5) is 52.5. The molecular weight excluding hydrogens is 394 g/mol. The lowest BCUT2D eigenvalue weighted by atomic mass is 9.85. The second-order valence-electron chi connectivity index (χ2n) is 8.88. The van der Waals surface area contributed by atoms with E-state index in [4.69, 9.17) is 0 Å². The van der Waals surface area contributed by atoms with E-state index >= 15 is 0 Å². The van der Waals surface area contributed by atoms with Crippen molar-refractivity contribution < 1.29 is 19.2 Å². The number of carbonyl (C=O) groups excluding carboxylic acids is 4. The highest BCUT2D eigenvalue weighted by Crippen LogP contribution is 2.37. The first-order valence-corrected chi connectivity index (χ1v) is 10.9. The van der Waals surface area contributed by atoms with Crippen LogP contribution in [0.2, 0.25) is 0 Å². The largest absolute Gasteiger partial charge is 0.345 e. The van der Waals surface area contributed by atoms with Gasteiger partial charge in [-0.25, -0.2) is 0 Å². The van der Waals surface area contributed by atoms with Crippen LogP contribution < -0.4 is 10.6 Å². The monoisotopic (exact) mass is 425 g/mol. The number of anilines is 1. The molecule has 4 amide bonds. The highest BCUT2D eigenvalue weighted by atomic mass is 16.2. The van der Waals surface area contributed by atoms with Gasteiger partial charge in [-0.2, -0.15) is 0 Å². The highest BCUT2D eigenvalue weighted by molar-refractivity contribution is 6.09. The molecular formula is C24H31N3O4.